The standard InChI is InChI=1S/C47H55N7O4/c1-2-3-4-5-6-7-8-9-10-11-28-48-42(55)27-16-34-14-17-36(18-15-34)43-44(52-45(51-43)38-23-25-39(26-24-38)54-31-12-13-32-54)37-21-19-35(20-22-37)40-33-41(58-53-40)46(56)57-47-49-29-30-50-47/h14-27,29-30,41H,2-13,28,31-33H2,1H3,(H,48,55)(H,49,50)(H,51,52). The maximum Gasteiger partial charge on any atom is 0.358 e. The summed E-state index contributed by atoms with van der Waals surface area (Å²) in [6, 6.07) is 24.8. The number of esters is 1. The van der Waals surface area contributed by atoms with Gasteiger partial charge in [-0.25, -0.2) is 14.8 Å². The van der Waals surface area contributed by atoms with Crippen LogP contribution in [0.1, 0.15) is 102 Å². The predicted octanol–water partition coefficient (Wildman–Crippen LogP) is 9.88. The number of hydrogen-bond acceptors (Lipinski definition) is 8. The van der Waals surface area contributed by atoms with Gasteiger partial charge in [0, 0.05) is 66.9 Å². The number of nitrogens with zero attached hydrogens (tertiary/aromatic N) is 4. The van der Waals surface area contributed by atoms with E-state index in [0.717, 1.165) is 71.0 Å². The van der Waals surface area contributed by atoms with E-state index < -0.39 is 12.1 Å². The van der Waals surface area contributed by atoms with Gasteiger partial charge in [-0.3, -0.25) is 4.79 Å². The molecule has 4 heterocycles. The van der Waals surface area contributed by atoms with Crippen LogP contribution >= 0.6 is 0 Å². The highest BCUT2D eigenvalue weighted by Gasteiger charge is 2.31. The smallest absolute Gasteiger partial charge is 0.358 e. The maximum atomic E-state index is 12.6. The zero-order chi connectivity index (χ0) is 39.9. The van der Waals surface area contributed by atoms with Crippen LogP contribution in [0.4, 0.5) is 5.69 Å². The molecular formula is C47H55N7O4. The van der Waals surface area contributed by atoms with E-state index in [4.69, 9.17) is 14.6 Å². The van der Waals surface area contributed by atoms with E-state index in [9.17, 15) is 9.59 Å². The lowest BCUT2D eigenvalue weighted by Crippen LogP contribution is -2.26. The van der Waals surface area contributed by atoms with Gasteiger partial charge in [-0.05, 0) is 60.7 Å². The molecule has 2 aliphatic rings. The number of rotatable bonds is 20. The molecule has 2 aliphatic heterocycles. The largest absolute Gasteiger partial charge is 0.389 e. The number of aromatic nitrogens is 4. The predicted molar refractivity (Wildman–Crippen MR) is 230 cm³/mol. The van der Waals surface area contributed by atoms with Gasteiger partial charge in [-0.1, -0.05) is 118 Å². The minimum absolute atomic E-state index is 0.0702. The molecule has 1 fully saturated rings. The average Bonchev–Trinajstić information content (AvgIpc) is 4.11. The molecule has 302 valence electrons. The van der Waals surface area contributed by atoms with Gasteiger partial charge in [0.25, 0.3) is 0 Å². The first-order chi connectivity index (χ1) is 28.5. The zero-order valence-electron chi connectivity index (χ0n) is 33.6. The first-order valence-electron chi connectivity index (χ1n) is 21.1. The molecule has 2 aromatic heterocycles. The first kappa shape index (κ1) is 40.2. The number of H-pyrrole nitrogens is 2. The molecule has 58 heavy (non-hydrogen) atoms. The molecule has 0 radical (unpaired) electrons. The molecule has 0 bridgehead atoms. The van der Waals surface area contributed by atoms with Gasteiger partial charge in [-0.2, -0.15) is 0 Å². The molecule has 5 aromatic rings. The SMILES string of the molecule is CCCCCCCCCCCCNC(=O)C=Cc1ccc(-c2[nH]c(-c3ccc(N4CCCC4)cc3)nc2-c2ccc(C3=NOC(C(=O)Oc4ncc[nH]4)C3)cc2)cc1. The highest BCUT2D eigenvalue weighted by atomic mass is 16.7. The van der Waals surface area contributed by atoms with Crippen LogP contribution in [0.3, 0.4) is 0 Å². The molecule has 0 spiro atoms. The van der Waals surface area contributed by atoms with Crippen LogP contribution < -0.4 is 15.0 Å². The third kappa shape index (κ3) is 10.9. The van der Waals surface area contributed by atoms with E-state index in [1.165, 1.54) is 76.1 Å². The summed E-state index contributed by atoms with van der Waals surface area (Å²) >= 11 is 0. The van der Waals surface area contributed by atoms with E-state index in [1.54, 1.807) is 12.3 Å². The van der Waals surface area contributed by atoms with Gasteiger partial charge in [0.05, 0.1) is 17.1 Å². The number of carbonyl (C=O) groups excluding carboxylic acids is 2. The summed E-state index contributed by atoms with van der Waals surface area (Å²) < 4.78 is 5.26. The second-order valence-corrected chi connectivity index (χ2v) is 15.2. The van der Waals surface area contributed by atoms with Gasteiger partial charge < -0.3 is 29.8 Å². The van der Waals surface area contributed by atoms with Crippen LogP contribution in [-0.2, 0) is 14.4 Å². The molecule has 1 atom stereocenters. The fourth-order valence-electron chi connectivity index (χ4n) is 7.51. The van der Waals surface area contributed by atoms with Crippen molar-refractivity contribution >= 4 is 29.4 Å². The number of oxime groups is 1. The Morgan fingerprint density at radius 1 is 0.828 bits per heavy atom. The van der Waals surface area contributed by atoms with Gasteiger partial charge in [0.15, 0.2) is 0 Å². The van der Waals surface area contributed by atoms with Gasteiger partial charge in [-0.15, -0.1) is 0 Å². The molecule has 0 saturated carbocycles. The van der Waals surface area contributed by atoms with Crippen molar-refractivity contribution in [3.8, 4) is 39.9 Å². The number of imidazole rings is 2. The van der Waals surface area contributed by atoms with E-state index >= 15 is 0 Å². The minimum atomic E-state index is -0.848. The summed E-state index contributed by atoms with van der Waals surface area (Å²) in [4.78, 5) is 48.5. The number of unbranched alkanes of at least 4 members (excludes halogenated alkanes) is 9. The first-order valence-corrected chi connectivity index (χ1v) is 21.1. The van der Waals surface area contributed by atoms with Gasteiger partial charge in [0.1, 0.15) is 5.82 Å². The Morgan fingerprint density at radius 2 is 1.48 bits per heavy atom. The van der Waals surface area contributed by atoms with Crippen LogP contribution in [-0.4, -0.2) is 63.3 Å². The number of ether oxygens (including phenoxy) is 1. The van der Waals surface area contributed by atoms with Crippen LogP contribution in [0.25, 0.3) is 40.0 Å². The molecule has 1 amide bonds. The highest BCUT2D eigenvalue weighted by Crippen LogP contribution is 2.35. The van der Waals surface area contributed by atoms with E-state index in [0.29, 0.717) is 12.3 Å². The summed E-state index contributed by atoms with van der Waals surface area (Å²) in [5, 5.41) is 7.22. The normalized spacial score (nSPS) is 15.2. The minimum Gasteiger partial charge on any atom is -0.389 e. The fraction of sp³-hybridized carbons (Fsp3) is 0.383. The molecule has 7 rings (SSSR count). The summed E-state index contributed by atoms with van der Waals surface area (Å²) in [7, 11) is 0. The van der Waals surface area contributed by atoms with Crippen molar-refractivity contribution in [1.29, 1.82) is 0 Å². The van der Waals surface area contributed by atoms with E-state index in [-0.39, 0.29) is 18.3 Å². The van der Waals surface area contributed by atoms with Crippen LogP contribution in [0.2, 0.25) is 0 Å². The lowest BCUT2D eigenvalue weighted by atomic mass is 10.00. The molecule has 11 nitrogen and oxygen atoms in total. The molecule has 0 aliphatic carbocycles. The number of amides is 1. The number of benzene rings is 3. The Labute approximate surface area is 341 Å². The molecule has 3 N–H and O–H groups in total. The van der Waals surface area contributed by atoms with Gasteiger partial charge in [0.2, 0.25) is 12.0 Å². The zero-order valence-corrected chi connectivity index (χ0v) is 33.6. The number of nitrogens with one attached hydrogen (secondary N) is 3. The van der Waals surface area contributed by atoms with Crippen molar-refractivity contribution in [3.05, 3.63) is 102 Å². The maximum absolute atomic E-state index is 12.6. The number of aromatic amines is 2. The Morgan fingerprint density at radius 3 is 2.17 bits per heavy atom. The molecule has 1 saturated heterocycles. The number of anilines is 1. The van der Waals surface area contributed by atoms with Crippen molar-refractivity contribution in [2.24, 2.45) is 5.16 Å². The third-order valence-electron chi connectivity index (χ3n) is 10.9. The van der Waals surface area contributed by atoms with Crippen LogP contribution in [0, 0.1) is 0 Å². The van der Waals surface area contributed by atoms with Gasteiger partial charge >= 0.3 is 12.0 Å². The summed E-state index contributed by atoms with van der Waals surface area (Å²) in [6.07, 6.45) is 21.2. The van der Waals surface area contributed by atoms with Crippen LogP contribution in [0.15, 0.2) is 96.4 Å². The van der Waals surface area contributed by atoms with E-state index in [2.05, 4.69) is 73.6 Å². The van der Waals surface area contributed by atoms with Crippen molar-refractivity contribution < 1.29 is 19.2 Å². The van der Waals surface area contributed by atoms with Crippen molar-refractivity contribution in [2.75, 3.05) is 24.5 Å². The number of hydrogen-bond donors (Lipinski definition) is 3. The average molecular weight is 782 g/mol. The second-order valence-electron chi connectivity index (χ2n) is 15.2. The Bertz CT molecular complexity index is 2110. The van der Waals surface area contributed by atoms with Crippen molar-refractivity contribution in [2.45, 2.75) is 96.5 Å². The van der Waals surface area contributed by atoms with Crippen molar-refractivity contribution in [1.82, 2.24) is 25.3 Å². The van der Waals surface area contributed by atoms with Crippen LogP contribution in [0.5, 0.6) is 6.01 Å². The van der Waals surface area contributed by atoms with Crippen molar-refractivity contribution in [3.63, 3.8) is 0 Å². The molecule has 3 aromatic carbocycles. The van der Waals surface area contributed by atoms with E-state index in [1.807, 2.05) is 42.5 Å². The Kier molecular flexibility index (Phi) is 14.2. The lowest BCUT2D eigenvalue weighted by Gasteiger charge is -2.17. The lowest BCUT2D eigenvalue weighted by molar-refractivity contribution is -0.146. The highest BCUT2D eigenvalue weighted by molar-refractivity contribution is 6.04. The Hall–Kier alpha value is -5.97. The fourth-order valence-corrected chi connectivity index (χ4v) is 7.51. The molecule has 1 unspecified atom stereocenters. The molecular weight excluding hydrogens is 727 g/mol. The summed E-state index contributed by atoms with van der Waals surface area (Å²) in [6.45, 7) is 5.14. The monoisotopic (exact) mass is 781 g/mol. The number of carbonyl (C=O) groups is 2. The topological polar surface area (TPSA) is 138 Å². The third-order valence-corrected chi connectivity index (χ3v) is 10.9. The second kappa shape index (κ2) is 20.5. The molecule has 11 heteroatoms. The quantitative estimate of drug-likeness (QED) is 0.0406. The summed E-state index contributed by atoms with van der Waals surface area (Å²) in [5.41, 5.74) is 8.26. The summed E-state index contributed by atoms with van der Waals surface area (Å²) in [5.74, 6) is 0.146. The Balaban J connectivity index is 0.994.